The van der Waals surface area contributed by atoms with Gasteiger partial charge in [0.2, 0.25) is 0 Å². The molecule has 18 heavy (non-hydrogen) atoms. The third-order valence-electron chi connectivity index (χ3n) is 2.78. The van der Waals surface area contributed by atoms with Crippen molar-refractivity contribution < 1.29 is 9.15 Å². The van der Waals surface area contributed by atoms with Gasteiger partial charge in [0.05, 0.1) is 12.5 Å². The number of aromatic nitrogens is 1. The molecular formula is C14H12N2O2. The molecule has 0 fully saturated rings. The molecule has 0 unspecified atom stereocenters. The molecule has 0 aliphatic heterocycles. The van der Waals surface area contributed by atoms with Crippen molar-refractivity contribution >= 4 is 16.7 Å². The van der Waals surface area contributed by atoms with Crippen LogP contribution in [0.25, 0.3) is 22.4 Å². The van der Waals surface area contributed by atoms with Crippen LogP contribution in [-0.4, -0.2) is 12.1 Å². The van der Waals surface area contributed by atoms with Crippen molar-refractivity contribution in [2.75, 3.05) is 12.8 Å². The normalized spacial score (nSPS) is 10.7. The summed E-state index contributed by atoms with van der Waals surface area (Å²) in [5.41, 5.74) is 7.89. The lowest BCUT2D eigenvalue weighted by molar-refractivity contribution is 0.419. The van der Waals surface area contributed by atoms with Crippen LogP contribution in [0.5, 0.6) is 5.75 Å². The highest BCUT2D eigenvalue weighted by molar-refractivity contribution is 5.88. The number of hydrogen-bond acceptors (Lipinski definition) is 4. The molecule has 0 atom stereocenters. The number of ether oxygens (including phenoxy) is 1. The van der Waals surface area contributed by atoms with Gasteiger partial charge in [-0.2, -0.15) is 0 Å². The molecule has 0 radical (unpaired) electrons. The maximum atomic E-state index is 5.75. The maximum absolute atomic E-state index is 5.75. The summed E-state index contributed by atoms with van der Waals surface area (Å²) in [5.74, 6) is 1.47. The number of nitrogens with zero attached hydrogens (tertiary/aromatic N) is 1. The Bertz CT molecular complexity index is 704. The van der Waals surface area contributed by atoms with Crippen LogP contribution >= 0.6 is 0 Å². The first-order chi connectivity index (χ1) is 8.78. The van der Waals surface area contributed by atoms with Crippen LogP contribution in [-0.2, 0) is 0 Å². The van der Waals surface area contributed by atoms with Crippen molar-refractivity contribution in [2.24, 2.45) is 0 Å². The summed E-state index contributed by atoms with van der Waals surface area (Å²) in [6, 6.07) is 11.1. The van der Waals surface area contributed by atoms with Crippen molar-refractivity contribution in [1.29, 1.82) is 0 Å². The zero-order valence-electron chi connectivity index (χ0n) is 9.88. The molecule has 0 amide bonds. The fourth-order valence-corrected chi connectivity index (χ4v) is 1.92. The summed E-state index contributed by atoms with van der Waals surface area (Å²) in [4.78, 5) is 4.25. The summed E-state index contributed by atoms with van der Waals surface area (Å²) < 4.78 is 11.0. The lowest BCUT2D eigenvalue weighted by Crippen LogP contribution is -1.87. The number of nitrogen functional groups attached to an aromatic ring is 1. The van der Waals surface area contributed by atoms with Crippen LogP contribution in [0.3, 0.4) is 0 Å². The molecule has 3 aromatic rings. The average Bonchev–Trinajstić information content (AvgIpc) is 2.82. The van der Waals surface area contributed by atoms with Gasteiger partial charge in [-0.05, 0) is 30.3 Å². The monoisotopic (exact) mass is 240 g/mol. The average molecular weight is 240 g/mol. The minimum atomic E-state index is 0.660. The second kappa shape index (κ2) is 4.07. The van der Waals surface area contributed by atoms with Gasteiger partial charge in [0.15, 0.2) is 5.76 Å². The molecule has 0 bridgehead atoms. The van der Waals surface area contributed by atoms with Crippen LogP contribution in [0.2, 0.25) is 0 Å². The zero-order valence-corrected chi connectivity index (χ0v) is 9.88. The molecule has 4 heteroatoms. The quantitative estimate of drug-likeness (QED) is 0.747. The number of furan rings is 1. The Kier molecular flexibility index (Phi) is 2.41. The number of fused-ring (bicyclic) bond motifs is 1. The smallest absolute Gasteiger partial charge is 0.154 e. The minimum absolute atomic E-state index is 0.660. The highest BCUT2D eigenvalue weighted by atomic mass is 16.5. The Hall–Kier alpha value is -2.49. The van der Waals surface area contributed by atoms with E-state index in [9.17, 15) is 0 Å². The summed E-state index contributed by atoms with van der Waals surface area (Å²) >= 11 is 0. The first-order valence-corrected chi connectivity index (χ1v) is 5.56. The lowest BCUT2D eigenvalue weighted by Gasteiger charge is -1.98. The molecule has 4 nitrogen and oxygen atoms in total. The van der Waals surface area contributed by atoms with Crippen molar-refractivity contribution in [2.45, 2.75) is 0 Å². The SMILES string of the molecule is COc1cccc2oc(-c3cc(N)ccn3)cc12. The van der Waals surface area contributed by atoms with Gasteiger partial charge in [-0.3, -0.25) is 4.98 Å². The third kappa shape index (κ3) is 1.68. The van der Waals surface area contributed by atoms with Crippen LogP contribution in [0.4, 0.5) is 5.69 Å². The lowest BCUT2D eigenvalue weighted by atomic mass is 10.2. The first-order valence-electron chi connectivity index (χ1n) is 5.56. The Morgan fingerprint density at radius 2 is 2.11 bits per heavy atom. The summed E-state index contributed by atoms with van der Waals surface area (Å²) in [6.45, 7) is 0. The molecule has 0 aliphatic rings. The number of nitrogens with two attached hydrogens (primary N) is 1. The Morgan fingerprint density at radius 1 is 1.22 bits per heavy atom. The van der Waals surface area contributed by atoms with Crippen LogP contribution in [0.15, 0.2) is 47.0 Å². The first kappa shape index (κ1) is 10.7. The van der Waals surface area contributed by atoms with E-state index in [-0.39, 0.29) is 0 Å². The minimum Gasteiger partial charge on any atom is -0.496 e. The van der Waals surface area contributed by atoms with Gasteiger partial charge in [0.1, 0.15) is 17.0 Å². The van der Waals surface area contributed by atoms with Gasteiger partial charge < -0.3 is 14.9 Å². The predicted octanol–water partition coefficient (Wildman–Crippen LogP) is 3.09. The predicted molar refractivity (Wildman–Crippen MR) is 70.4 cm³/mol. The van der Waals surface area contributed by atoms with Crippen LogP contribution in [0, 0.1) is 0 Å². The van der Waals surface area contributed by atoms with E-state index in [1.54, 1.807) is 25.4 Å². The summed E-state index contributed by atoms with van der Waals surface area (Å²) in [6.07, 6.45) is 1.66. The fraction of sp³-hybridized carbons (Fsp3) is 0.0714. The Morgan fingerprint density at radius 3 is 2.89 bits per heavy atom. The van der Waals surface area contributed by atoms with Gasteiger partial charge in [0.25, 0.3) is 0 Å². The maximum Gasteiger partial charge on any atom is 0.154 e. The van der Waals surface area contributed by atoms with E-state index >= 15 is 0 Å². The van der Waals surface area contributed by atoms with Crippen molar-refractivity contribution in [3.05, 3.63) is 42.6 Å². The molecule has 1 aromatic carbocycles. The second-order valence-corrected chi connectivity index (χ2v) is 3.96. The molecule has 0 saturated carbocycles. The van der Waals surface area contributed by atoms with Crippen molar-refractivity contribution in [1.82, 2.24) is 4.98 Å². The highest BCUT2D eigenvalue weighted by Crippen LogP contribution is 2.32. The second-order valence-electron chi connectivity index (χ2n) is 3.96. The fourth-order valence-electron chi connectivity index (χ4n) is 1.92. The van der Waals surface area contributed by atoms with Crippen molar-refractivity contribution in [3.8, 4) is 17.2 Å². The van der Waals surface area contributed by atoms with E-state index in [0.29, 0.717) is 17.1 Å². The zero-order chi connectivity index (χ0) is 12.5. The molecule has 2 aromatic heterocycles. The van der Waals surface area contributed by atoms with Gasteiger partial charge in [-0.15, -0.1) is 0 Å². The number of methoxy groups -OCH3 is 1. The molecule has 0 saturated heterocycles. The topological polar surface area (TPSA) is 61.3 Å². The highest BCUT2D eigenvalue weighted by Gasteiger charge is 2.10. The van der Waals surface area contributed by atoms with E-state index < -0.39 is 0 Å². The van der Waals surface area contributed by atoms with Gasteiger partial charge in [-0.1, -0.05) is 6.07 Å². The summed E-state index contributed by atoms with van der Waals surface area (Å²) in [5, 5.41) is 0.930. The molecule has 3 rings (SSSR count). The molecule has 2 N–H and O–H groups in total. The number of hydrogen-bond donors (Lipinski definition) is 1. The number of anilines is 1. The molecule has 90 valence electrons. The van der Waals surface area contributed by atoms with E-state index in [0.717, 1.165) is 16.7 Å². The van der Waals surface area contributed by atoms with Gasteiger partial charge in [0, 0.05) is 11.9 Å². The number of rotatable bonds is 2. The van der Waals surface area contributed by atoms with Crippen molar-refractivity contribution in [3.63, 3.8) is 0 Å². The molecule has 0 spiro atoms. The van der Waals surface area contributed by atoms with Gasteiger partial charge >= 0.3 is 0 Å². The van der Waals surface area contributed by atoms with Crippen LogP contribution in [0.1, 0.15) is 0 Å². The largest absolute Gasteiger partial charge is 0.496 e. The van der Waals surface area contributed by atoms with E-state index in [4.69, 9.17) is 14.9 Å². The number of benzene rings is 1. The Labute approximate surface area is 104 Å². The van der Waals surface area contributed by atoms with E-state index in [2.05, 4.69) is 4.98 Å². The van der Waals surface area contributed by atoms with E-state index in [1.807, 2.05) is 24.3 Å². The molecule has 0 aliphatic carbocycles. The van der Waals surface area contributed by atoms with E-state index in [1.165, 1.54) is 0 Å². The molecular weight excluding hydrogens is 228 g/mol. The number of pyridine rings is 1. The standard InChI is InChI=1S/C14H12N2O2/c1-17-12-3-2-4-13-10(12)8-14(18-13)11-7-9(15)5-6-16-11/h2-8H,1H3,(H2,15,16). The molecule has 2 heterocycles. The van der Waals surface area contributed by atoms with Gasteiger partial charge in [-0.25, -0.2) is 0 Å². The van der Waals surface area contributed by atoms with Crippen LogP contribution < -0.4 is 10.5 Å². The summed E-state index contributed by atoms with van der Waals surface area (Å²) in [7, 11) is 1.64. The Balaban J connectivity index is 2.19. The third-order valence-corrected chi connectivity index (χ3v) is 2.78.